The second-order valence-electron chi connectivity index (χ2n) is 4.68. The summed E-state index contributed by atoms with van der Waals surface area (Å²) < 4.78 is 11.1. The Morgan fingerprint density at radius 3 is 2.65 bits per heavy atom. The van der Waals surface area contributed by atoms with Crippen molar-refractivity contribution in [2.24, 2.45) is 0 Å². The topological polar surface area (TPSA) is 31.4 Å². The van der Waals surface area contributed by atoms with Crippen LogP contribution in [-0.2, 0) is 6.61 Å². The number of benzene rings is 2. The minimum absolute atomic E-state index is 0.325. The number of rotatable bonds is 5. The summed E-state index contributed by atoms with van der Waals surface area (Å²) in [5, 5.41) is 3.73. The molecular formula is C17H13Cl2NO2S. The first-order valence-electron chi connectivity index (χ1n) is 6.83. The summed E-state index contributed by atoms with van der Waals surface area (Å²) in [5.74, 6) is 1.35. The number of ether oxygens (including phenoxy) is 2. The molecule has 0 saturated carbocycles. The van der Waals surface area contributed by atoms with Crippen LogP contribution in [0.1, 0.15) is 5.69 Å². The molecule has 23 heavy (non-hydrogen) atoms. The molecule has 2 aromatic carbocycles. The Morgan fingerprint density at radius 1 is 1.04 bits per heavy atom. The fourth-order valence-corrected chi connectivity index (χ4v) is 3.25. The van der Waals surface area contributed by atoms with Crippen molar-refractivity contribution >= 4 is 34.5 Å². The van der Waals surface area contributed by atoms with Crippen LogP contribution in [0.15, 0.2) is 47.8 Å². The van der Waals surface area contributed by atoms with Gasteiger partial charge in [-0.3, -0.25) is 0 Å². The monoisotopic (exact) mass is 365 g/mol. The van der Waals surface area contributed by atoms with E-state index in [4.69, 9.17) is 32.7 Å². The summed E-state index contributed by atoms with van der Waals surface area (Å²) in [7, 11) is 1.65. The molecule has 0 unspecified atom stereocenters. The van der Waals surface area contributed by atoms with Gasteiger partial charge in [0, 0.05) is 5.38 Å². The first kappa shape index (κ1) is 16.1. The Bertz CT molecular complexity index is 820. The third-order valence-electron chi connectivity index (χ3n) is 3.18. The van der Waals surface area contributed by atoms with E-state index in [0.29, 0.717) is 22.4 Å². The number of aromatic nitrogens is 1. The highest BCUT2D eigenvalue weighted by Gasteiger charge is 2.11. The summed E-state index contributed by atoms with van der Waals surface area (Å²) in [6.07, 6.45) is 0. The second-order valence-corrected chi connectivity index (χ2v) is 6.33. The minimum atomic E-state index is 0.325. The summed E-state index contributed by atoms with van der Waals surface area (Å²) in [4.78, 5) is 4.59. The van der Waals surface area contributed by atoms with Gasteiger partial charge in [-0.1, -0.05) is 41.4 Å². The van der Waals surface area contributed by atoms with Gasteiger partial charge in [0.25, 0.3) is 0 Å². The minimum Gasteiger partial charge on any atom is -0.496 e. The highest BCUT2D eigenvalue weighted by Crippen LogP contribution is 2.34. The van der Waals surface area contributed by atoms with E-state index in [9.17, 15) is 0 Å². The van der Waals surface area contributed by atoms with Crippen LogP contribution in [0.2, 0.25) is 10.0 Å². The van der Waals surface area contributed by atoms with Gasteiger partial charge in [0.05, 0.1) is 23.4 Å². The number of halogens is 2. The maximum atomic E-state index is 6.11. The largest absolute Gasteiger partial charge is 0.496 e. The lowest BCUT2D eigenvalue weighted by molar-refractivity contribution is 0.302. The predicted octanol–water partition coefficient (Wildman–Crippen LogP) is 5.70. The van der Waals surface area contributed by atoms with Crippen LogP contribution >= 0.6 is 34.5 Å². The van der Waals surface area contributed by atoms with Crippen molar-refractivity contribution in [3.63, 3.8) is 0 Å². The molecule has 0 amide bonds. The van der Waals surface area contributed by atoms with E-state index in [2.05, 4.69) is 4.98 Å². The molecule has 0 saturated heterocycles. The third kappa shape index (κ3) is 3.61. The summed E-state index contributed by atoms with van der Waals surface area (Å²) in [6, 6.07) is 13.1. The molecule has 0 fully saturated rings. The Balaban J connectivity index is 1.76. The maximum absolute atomic E-state index is 6.11. The van der Waals surface area contributed by atoms with E-state index < -0.39 is 0 Å². The van der Waals surface area contributed by atoms with Crippen LogP contribution in [-0.4, -0.2) is 12.1 Å². The molecule has 0 aliphatic heterocycles. The molecule has 0 aliphatic carbocycles. The number of methoxy groups -OCH3 is 1. The molecule has 0 spiro atoms. The van der Waals surface area contributed by atoms with Gasteiger partial charge in [-0.15, -0.1) is 11.3 Å². The summed E-state index contributed by atoms with van der Waals surface area (Å²) in [6.45, 7) is 0.325. The first-order chi connectivity index (χ1) is 11.2. The molecule has 0 atom stereocenters. The lowest BCUT2D eigenvalue weighted by Crippen LogP contribution is -1.96. The average Bonchev–Trinajstić information content (AvgIpc) is 3.05. The van der Waals surface area contributed by atoms with Gasteiger partial charge in [0.2, 0.25) is 0 Å². The van der Waals surface area contributed by atoms with Gasteiger partial charge in [0.1, 0.15) is 28.1 Å². The molecular weight excluding hydrogens is 353 g/mol. The molecule has 6 heteroatoms. The Hall–Kier alpha value is -1.75. The summed E-state index contributed by atoms with van der Waals surface area (Å²) in [5.41, 5.74) is 1.79. The first-order valence-corrected chi connectivity index (χ1v) is 8.47. The smallest absolute Gasteiger partial charge is 0.140 e. The van der Waals surface area contributed by atoms with Crippen molar-refractivity contribution in [3.8, 4) is 22.1 Å². The zero-order valence-corrected chi connectivity index (χ0v) is 14.6. The molecule has 118 valence electrons. The van der Waals surface area contributed by atoms with Gasteiger partial charge in [-0.05, 0) is 24.3 Å². The molecule has 1 heterocycles. The van der Waals surface area contributed by atoms with E-state index in [-0.39, 0.29) is 0 Å². The number of hydrogen-bond acceptors (Lipinski definition) is 4. The van der Waals surface area contributed by atoms with Crippen molar-refractivity contribution in [3.05, 3.63) is 63.6 Å². The molecule has 3 aromatic rings. The highest BCUT2D eigenvalue weighted by atomic mass is 35.5. The average molecular weight is 366 g/mol. The lowest BCUT2D eigenvalue weighted by atomic mass is 10.2. The van der Waals surface area contributed by atoms with Crippen LogP contribution in [0.25, 0.3) is 10.6 Å². The summed E-state index contributed by atoms with van der Waals surface area (Å²) >= 11 is 13.6. The van der Waals surface area contributed by atoms with Crippen molar-refractivity contribution < 1.29 is 9.47 Å². The zero-order chi connectivity index (χ0) is 16.2. The quantitative estimate of drug-likeness (QED) is 0.580. The molecule has 0 bridgehead atoms. The normalized spacial score (nSPS) is 10.6. The van der Waals surface area contributed by atoms with Crippen LogP contribution in [0, 0.1) is 0 Å². The maximum Gasteiger partial charge on any atom is 0.140 e. The molecule has 1 aromatic heterocycles. The molecule has 3 nitrogen and oxygen atoms in total. The highest BCUT2D eigenvalue weighted by molar-refractivity contribution is 7.13. The van der Waals surface area contributed by atoms with E-state index in [1.807, 2.05) is 29.6 Å². The van der Waals surface area contributed by atoms with Crippen LogP contribution in [0.5, 0.6) is 11.5 Å². The molecule has 0 N–H and O–H groups in total. The van der Waals surface area contributed by atoms with E-state index in [0.717, 1.165) is 22.0 Å². The van der Waals surface area contributed by atoms with E-state index in [1.165, 1.54) is 0 Å². The van der Waals surface area contributed by atoms with Gasteiger partial charge < -0.3 is 9.47 Å². The Labute approximate surface area is 148 Å². The van der Waals surface area contributed by atoms with Crippen LogP contribution < -0.4 is 9.47 Å². The van der Waals surface area contributed by atoms with Crippen molar-refractivity contribution in [2.75, 3.05) is 7.11 Å². The van der Waals surface area contributed by atoms with Crippen LogP contribution in [0.3, 0.4) is 0 Å². The fourth-order valence-electron chi connectivity index (χ4n) is 2.07. The van der Waals surface area contributed by atoms with E-state index >= 15 is 0 Å². The Kier molecular flexibility index (Phi) is 5.06. The SMILES string of the molecule is COc1ccccc1-c1nc(COc2cccc(Cl)c2Cl)cs1. The van der Waals surface area contributed by atoms with Gasteiger partial charge in [-0.2, -0.15) is 0 Å². The van der Waals surface area contributed by atoms with Crippen molar-refractivity contribution in [1.82, 2.24) is 4.98 Å². The number of nitrogens with zero attached hydrogens (tertiary/aromatic N) is 1. The second kappa shape index (κ2) is 7.21. The predicted molar refractivity (Wildman–Crippen MR) is 94.9 cm³/mol. The molecule has 3 rings (SSSR count). The zero-order valence-electron chi connectivity index (χ0n) is 12.3. The number of para-hydroxylation sites is 1. The fraction of sp³-hybridized carbons (Fsp3) is 0.118. The third-order valence-corrected chi connectivity index (χ3v) is 4.91. The molecule has 0 radical (unpaired) electrons. The van der Waals surface area contributed by atoms with E-state index in [1.54, 1.807) is 36.6 Å². The van der Waals surface area contributed by atoms with Crippen molar-refractivity contribution in [1.29, 1.82) is 0 Å². The van der Waals surface area contributed by atoms with Gasteiger partial charge in [-0.25, -0.2) is 4.98 Å². The van der Waals surface area contributed by atoms with Crippen molar-refractivity contribution in [2.45, 2.75) is 6.61 Å². The van der Waals surface area contributed by atoms with Gasteiger partial charge >= 0.3 is 0 Å². The lowest BCUT2D eigenvalue weighted by Gasteiger charge is -2.07. The van der Waals surface area contributed by atoms with Crippen LogP contribution in [0.4, 0.5) is 0 Å². The molecule has 0 aliphatic rings. The van der Waals surface area contributed by atoms with Gasteiger partial charge in [0.15, 0.2) is 0 Å². The number of thiazole rings is 1. The number of hydrogen-bond donors (Lipinski definition) is 0. The standard InChI is InChI=1S/C17H13Cl2NO2S/c1-21-14-7-3-2-5-12(14)17-20-11(10-23-17)9-22-15-8-4-6-13(18)16(15)19/h2-8,10H,9H2,1H3. The Morgan fingerprint density at radius 2 is 1.83 bits per heavy atom.